The molecule has 20 heavy (non-hydrogen) atoms. The monoisotopic (exact) mass is 277 g/mol. The van der Waals surface area contributed by atoms with Crippen LogP contribution in [0.25, 0.3) is 0 Å². The molecule has 1 aromatic heterocycles. The molecule has 1 heterocycles. The first-order chi connectivity index (χ1) is 9.43. The first kappa shape index (κ1) is 14.9. The van der Waals surface area contributed by atoms with Gasteiger partial charge in [0.25, 0.3) is 5.91 Å². The van der Waals surface area contributed by atoms with E-state index < -0.39 is 0 Å². The molecule has 3 atom stereocenters. The molecule has 4 nitrogen and oxygen atoms in total. The third kappa shape index (κ3) is 2.84. The lowest BCUT2D eigenvalue weighted by Gasteiger charge is -2.21. The van der Waals surface area contributed by atoms with Gasteiger partial charge in [0.1, 0.15) is 5.69 Å². The summed E-state index contributed by atoms with van der Waals surface area (Å²) in [7, 11) is 0. The highest BCUT2D eigenvalue weighted by Gasteiger charge is 2.33. The zero-order valence-corrected chi connectivity index (χ0v) is 13.0. The van der Waals surface area contributed by atoms with Crippen molar-refractivity contribution in [3.05, 3.63) is 18.0 Å². The van der Waals surface area contributed by atoms with Gasteiger partial charge in [-0.05, 0) is 44.6 Å². The van der Waals surface area contributed by atoms with Crippen molar-refractivity contribution in [2.45, 2.75) is 59.0 Å². The lowest BCUT2D eigenvalue weighted by Crippen LogP contribution is -2.38. The minimum atomic E-state index is 0.00371. The number of amides is 1. The molecule has 0 aliphatic heterocycles. The molecule has 0 bridgehead atoms. The minimum absolute atomic E-state index is 0.00371. The van der Waals surface area contributed by atoms with Crippen molar-refractivity contribution in [1.29, 1.82) is 0 Å². The van der Waals surface area contributed by atoms with Gasteiger partial charge in [0.15, 0.2) is 0 Å². The largest absolute Gasteiger partial charge is 0.397 e. The van der Waals surface area contributed by atoms with Crippen LogP contribution in [0, 0.1) is 11.8 Å². The van der Waals surface area contributed by atoms with E-state index in [9.17, 15) is 4.79 Å². The van der Waals surface area contributed by atoms with Gasteiger partial charge in [-0.3, -0.25) is 4.79 Å². The second-order valence-electron chi connectivity index (χ2n) is 6.34. The van der Waals surface area contributed by atoms with E-state index in [1.54, 1.807) is 6.07 Å². The molecule has 1 fully saturated rings. The van der Waals surface area contributed by atoms with Gasteiger partial charge in [0.05, 0.1) is 5.69 Å². The van der Waals surface area contributed by atoms with Gasteiger partial charge in [0.2, 0.25) is 0 Å². The molecule has 1 saturated carbocycles. The maximum Gasteiger partial charge on any atom is 0.268 e. The van der Waals surface area contributed by atoms with E-state index in [0.717, 1.165) is 12.3 Å². The Morgan fingerprint density at radius 3 is 2.75 bits per heavy atom. The molecule has 4 heteroatoms. The van der Waals surface area contributed by atoms with Gasteiger partial charge in [0, 0.05) is 18.3 Å². The van der Waals surface area contributed by atoms with Crippen molar-refractivity contribution in [2.24, 2.45) is 11.8 Å². The van der Waals surface area contributed by atoms with Crippen LogP contribution in [0.3, 0.4) is 0 Å². The molecule has 0 aromatic carbocycles. The van der Waals surface area contributed by atoms with Crippen LogP contribution >= 0.6 is 0 Å². The molecule has 3 unspecified atom stereocenters. The summed E-state index contributed by atoms with van der Waals surface area (Å²) >= 11 is 0. The Bertz CT molecular complexity index is 478. The average molecular weight is 277 g/mol. The van der Waals surface area contributed by atoms with Crippen molar-refractivity contribution in [3.63, 3.8) is 0 Å². The molecule has 1 aliphatic carbocycles. The third-order valence-electron chi connectivity index (χ3n) is 4.73. The molecule has 2 rings (SSSR count). The smallest absolute Gasteiger partial charge is 0.268 e. The van der Waals surface area contributed by atoms with Gasteiger partial charge >= 0.3 is 0 Å². The highest BCUT2D eigenvalue weighted by molar-refractivity contribution is 5.94. The van der Waals surface area contributed by atoms with Crippen LogP contribution in [-0.4, -0.2) is 16.5 Å². The summed E-state index contributed by atoms with van der Waals surface area (Å²) < 4.78 is 1.95. The van der Waals surface area contributed by atoms with E-state index in [2.05, 4.69) is 33.0 Å². The molecule has 112 valence electrons. The van der Waals surface area contributed by atoms with Gasteiger partial charge in [-0.15, -0.1) is 0 Å². The number of carbonyl (C=O) groups is 1. The van der Waals surface area contributed by atoms with Crippen molar-refractivity contribution in [3.8, 4) is 0 Å². The molecule has 3 N–H and O–H groups in total. The zero-order valence-electron chi connectivity index (χ0n) is 13.0. The Kier molecular flexibility index (Phi) is 4.41. The quantitative estimate of drug-likeness (QED) is 0.887. The Morgan fingerprint density at radius 2 is 2.20 bits per heavy atom. The number of hydrogen-bond donors (Lipinski definition) is 2. The van der Waals surface area contributed by atoms with Crippen molar-refractivity contribution >= 4 is 11.6 Å². The van der Waals surface area contributed by atoms with E-state index in [1.165, 1.54) is 12.8 Å². The Labute approximate surface area is 121 Å². The van der Waals surface area contributed by atoms with E-state index in [0.29, 0.717) is 23.3 Å². The SMILES string of the molecule is CCC1CCC(NC(=O)c2cc(N)cn2C(C)C)C1C. The number of rotatable bonds is 4. The van der Waals surface area contributed by atoms with Crippen LogP contribution in [0.4, 0.5) is 5.69 Å². The number of nitrogens with two attached hydrogens (primary N) is 1. The highest BCUT2D eigenvalue weighted by Crippen LogP contribution is 2.34. The molecule has 1 aliphatic rings. The van der Waals surface area contributed by atoms with Crippen molar-refractivity contribution in [1.82, 2.24) is 9.88 Å². The summed E-state index contributed by atoms with van der Waals surface area (Å²) in [4.78, 5) is 12.5. The normalized spacial score (nSPS) is 26.1. The van der Waals surface area contributed by atoms with Crippen molar-refractivity contribution in [2.75, 3.05) is 5.73 Å². The molecule has 0 spiro atoms. The Hall–Kier alpha value is -1.45. The number of aromatic nitrogens is 1. The predicted molar refractivity (Wildman–Crippen MR) is 82.7 cm³/mol. The van der Waals surface area contributed by atoms with Gasteiger partial charge in [-0.1, -0.05) is 20.3 Å². The average Bonchev–Trinajstić information content (AvgIpc) is 2.94. The van der Waals surface area contributed by atoms with Gasteiger partial charge in [-0.2, -0.15) is 0 Å². The summed E-state index contributed by atoms with van der Waals surface area (Å²) in [5.74, 6) is 1.30. The van der Waals surface area contributed by atoms with Crippen LogP contribution in [0.15, 0.2) is 12.3 Å². The molecular formula is C16H27N3O. The lowest BCUT2D eigenvalue weighted by molar-refractivity contribution is 0.0915. The Morgan fingerprint density at radius 1 is 1.50 bits per heavy atom. The van der Waals surface area contributed by atoms with Crippen LogP contribution in [-0.2, 0) is 0 Å². The number of nitrogen functional groups attached to an aromatic ring is 1. The van der Waals surface area contributed by atoms with Crippen LogP contribution in [0.2, 0.25) is 0 Å². The fraction of sp³-hybridized carbons (Fsp3) is 0.688. The number of nitrogens with zero attached hydrogens (tertiary/aromatic N) is 1. The van der Waals surface area contributed by atoms with Crippen LogP contribution in [0.1, 0.15) is 63.5 Å². The van der Waals surface area contributed by atoms with Gasteiger partial charge < -0.3 is 15.6 Å². The van der Waals surface area contributed by atoms with Crippen molar-refractivity contribution < 1.29 is 4.79 Å². The lowest BCUT2D eigenvalue weighted by atomic mass is 9.93. The molecule has 0 saturated heterocycles. The highest BCUT2D eigenvalue weighted by atomic mass is 16.2. The topological polar surface area (TPSA) is 60.1 Å². The zero-order chi connectivity index (χ0) is 14.9. The number of hydrogen-bond acceptors (Lipinski definition) is 2. The van der Waals surface area contributed by atoms with Crippen LogP contribution in [0.5, 0.6) is 0 Å². The van der Waals surface area contributed by atoms with Crippen LogP contribution < -0.4 is 11.1 Å². The van der Waals surface area contributed by atoms with Gasteiger partial charge in [-0.25, -0.2) is 0 Å². The number of carbonyl (C=O) groups excluding carboxylic acids is 1. The standard InChI is InChI=1S/C16H27N3O/c1-5-12-6-7-14(11(12)4)18-16(20)15-8-13(17)9-19(15)10(2)3/h8-12,14H,5-7,17H2,1-4H3,(H,18,20). The molecule has 0 radical (unpaired) electrons. The fourth-order valence-corrected chi connectivity index (χ4v) is 3.38. The first-order valence-corrected chi connectivity index (χ1v) is 7.72. The molecule has 1 aromatic rings. The maximum absolute atomic E-state index is 12.5. The summed E-state index contributed by atoms with van der Waals surface area (Å²) in [5, 5.41) is 3.20. The molecule has 1 amide bonds. The first-order valence-electron chi connectivity index (χ1n) is 7.72. The second-order valence-corrected chi connectivity index (χ2v) is 6.34. The minimum Gasteiger partial charge on any atom is -0.397 e. The third-order valence-corrected chi connectivity index (χ3v) is 4.73. The number of anilines is 1. The molecular weight excluding hydrogens is 250 g/mol. The maximum atomic E-state index is 12.5. The van der Waals surface area contributed by atoms with E-state index in [-0.39, 0.29) is 11.9 Å². The van der Waals surface area contributed by atoms with E-state index in [1.807, 2.05) is 10.8 Å². The fourth-order valence-electron chi connectivity index (χ4n) is 3.38. The van der Waals surface area contributed by atoms with E-state index >= 15 is 0 Å². The summed E-state index contributed by atoms with van der Waals surface area (Å²) in [6.07, 6.45) is 5.34. The second kappa shape index (κ2) is 5.90. The number of nitrogens with one attached hydrogen (secondary N) is 1. The summed E-state index contributed by atoms with van der Waals surface area (Å²) in [6, 6.07) is 2.30. The summed E-state index contributed by atoms with van der Waals surface area (Å²) in [5.41, 5.74) is 7.15. The summed E-state index contributed by atoms with van der Waals surface area (Å²) in [6.45, 7) is 8.60. The Balaban J connectivity index is 2.09. The predicted octanol–water partition coefficient (Wildman–Crippen LogP) is 3.21. The van der Waals surface area contributed by atoms with E-state index in [4.69, 9.17) is 5.73 Å².